The summed E-state index contributed by atoms with van der Waals surface area (Å²) in [5.41, 5.74) is 11.4. The fourth-order valence-electron chi connectivity index (χ4n) is 8.87. The van der Waals surface area contributed by atoms with Crippen LogP contribution in [0.15, 0.2) is 108 Å². The molecule has 3 aromatic heterocycles. The van der Waals surface area contributed by atoms with E-state index in [-0.39, 0.29) is 16.7 Å². The molecule has 10 rings (SSSR count). The lowest BCUT2D eigenvalue weighted by Crippen LogP contribution is -2.10. The van der Waals surface area contributed by atoms with E-state index in [4.69, 9.17) is 4.42 Å². The Kier molecular flexibility index (Phi) is 6.77. The van der Waals surface area contributed by atoms with Gasteiger partial charge in [-0.25, -0.2) is 0 Å². The van der Waals surface area contributed by atoms with Gasteiger partial charge in [-0.15, -0.1) is 0 Å². The highest BCUT2D eigenvalue weighted by Gasteiger charge is 2.31. The third-order valence-electron chi connectivity index (χ3n) is 11.2. The molecule has 0 fully saturated rings. The fraction of sp³-hybridized carbons (Fsp3) is 0.106. The Bertz CT molecular complexity index is 3160. The molecule has 0 saturated heterocycles. The van der Waals surface area contributed by atoms with Gasteiger partial charge < -0.3 is 13.6 Å². The lowest BCUT2D eigenvalue weighted by Gasteiger charge is -2.21. The Morgan fingerprint density at radius 2 is 1.37 bits per heavy atom. The second kappa shape index (κ2) is 11.7. The number of fused-ring (bicyclic) bond motifs is 10. The van der Waals surface area contributed by atoms with Gasteiger partial charge in [-0.05, 0) is 78.8 Å². The number of furan rings is 1. The van der Waals surface area contributed by atoms with Crippen molar-refractivity contribution in [2.24, 2.45) is 5.92 Å². The number of nitrogens with zero attached hydrogens (tertiary/aromatic N) is 6. The number of allylic oxidation sites excluding steroid dienone is 1. The Morgan fingerprint density at radius 3 is 2.13 bits per heavy atom. The Morgan fingerprint density at radius 1 is 0.667 bits per heavy atom. The molecule has 2 aliphatic carbocycles. The second-order valence-electron chi connectivity index (χ2n) is 14.1. The predicted molar refractivity (Wildman–Crippen MR) is 209 cm³/mol. The minimum absolute atomic E-state index is 0.0411. The first-order chi connectivity index (χ1) is 26.5. The number of hydrogen-bond acceptors (Lipinski definition) is 5. The molecular formula is C47H28N6O. The number of benzene rings is 5. The zero-order valence-corrected chi connectivity index (χ0v) is 29.2. The first kappa shape index (κ1) is 31.2. The Labute approximate surface area is 310 Å². The van der Waals surface area contributed by atoms with Crippen molar-refractivity contribution in [1.29, 1.82) is 21.0 Å². The first-order valence-corrected chi connectivity index (χ1v) is 17.9. The molecule has 7 nitrogen and oxygen atoms in total. The molecule has 0 aliphatic heterocycles. The maximum absolute atomic E-state index is 10.8. The predicted octanol–water partition coefficient (Wildman–Crippen LogP) is 10.4. The summed E-state index contributed by atoms with van der Waals surface area (Å²) < 4.78 is 10.8. The van der Waals surface area contributed by atoms with Crippen LogP contribution in [0.5, 0.6) is 0 Å². The van der Waals surface area contributed by atoms with Gasteiger partial charge in [0.1, 0.15) is 35.6 Å². The molecule has 8 aromatic rings. The van der Waals surface area contributed by atoms with E-state index in [0.717, 1.165) is 74.7 Å². The van der Waals surface area contributed by atoms with Crippen LogP contribution in [0.2, 0.25) is 0 Å². The van der Waals surface area contributed by atoms with Crippen LogP contribution in [0.3, 0.4) is 0 Å². The largest absolute Gasteiger partial charge is 0.456 e. The number of aromatic nitrogens is 2. The molecule has 0 amide bonds. The van der Waals surface area contributed by atoms with Gasteiger partial charge in [0.15, 0.2) is 0 Å². The van der Waals surface area contributed by atoms with Crippen molar-refractivity contribution in [3.05, 3.63) is 148 Å². The number of rotatable bonds is 3. The van der Waals surface area contributed by atoms with Gasteiger partial charge in [-0.2, -0.15) is 21.0 Å². The van der Waals surface area contributed by atoms with Crippen LogP contribution in [-0.2, 0) is 19.3 Å². The van der Waals surface area contributed by atoms with E-state index in [9.17, 15) is 21.0 Å². The monoisotopic (exact) mass is 692 g/mol. The average molecular weight is 693 g/mol. The summed E-state index contributed by atoms with van der Waals surface area (Å²) in [4.78, 5) is 0. The molecular weight excluding hydrogens is 665 g/mol. The highest BCUT2D eigenvalue weighted by Crippen LogP contribution is 2.47. The van der Waals surface area contributed by atoms with Crippen LogP contribution in [-0.4, -0.2) is 9.13 Å². The number of hydrogen-bond donors (Lipinski definition) is 0. The number of para-hydroxylation sites is 3. The smallest absolute Gasteiger partial charge is 0.141 e. The molecule has 7 heteroatoms. The van der Waals surface area contributed by atoms with Gasteiger partial charge in [-0.1, -0.05) is 73.7 Å². The van der Waals surface area contributed by atoms with Crippen LogP contribution in [0.4, 0.5) is 0 Å². The minimum Gasteiger partial charge on any atom is -0.456 e. The second-order valence-corrected chi connectivity index (χ2v) is 14.1. The molecule has 252 valence electrons. The minimum atomic E-state index is 0.0411. The molecule has 0 N–H and O–H groups in total. The van der Waals surface area contributed by atoms with Gasteiger partial charge in [0.25, 0.3) is 0 Å². The quantitative estimate of drug-likeness (QED) is 0.183. The van der Waals surface area contributed by atoms with Crippen molar-refractivity contribution in [3.63, 3.8) is 0 Å². The fourth-order valence-corrected chi connectivity index (χ4v) is 8.87. The summed E-state index contributed by atoms with van der Waals surface area (Å²) >= 11 is 0. The lowest BCUT2D eigenvalue weighted by atomic mass is 9.91. The van der Waals surface area contributed by atoms with E-state index in [1.54, 1.807) is 6.07 Å². The Balaban J connectivity index is 1.29. The highest BCUT2D eigenvalue weighted by molar-refractivity contribution is 6.03. The molecule has 5 aromatic carbocycles. The van der Waals surface area contributed by atoms with Gasteiger partial charge in [0, 0.05) is 44.2 Å². The zero-order chi connectivity index (χ0) is 36.7. The third-order valence-corrected chi connectivity index (χ3v) is 11.2. The highest BCUT2D eigenvalue weighted by atomic mass is 16.3. The molecule has 0 saturated carbocycles. The van der Waals surface area contributed by atoms with Crippen molar-refractivity contribution in [2.75, 3.05) is 0 Å². The summed E-state index contributed by atoms with van der Waals surface area (Å²) in [5.74, 6) is 1.20. The third kappa shape index (κ3) is 4.25. The van der Waals surface area contributed by atoms with E-state index in [0.29, 0.717) is 34.0 Å². The van der Waals surface area contributed by atoms with E-state index in [2.05, 4.69) is 76.8 Å². The van der Waals surface area contributed by atoms with Crippen LogP contribution in [0, 0.1) is 51.2 Å². The van der Waals surface area contributed by atoms with Crippen LogP contribution in [0.25, 0.3) is 72.7 Å². The van der Waals surface area contributed by atoms with Crippen molar-refractivity contribution in [1.82, 2.24) is 9.13 Å². The maximum atomic E-state index is 10.8. The average Bonchev–Trinajstić information content (AvgIpc) is 3.87. The summed E-state index contributed by atoms with van der Waals surface area (Å²) in [6, 6.07) is 41.0. The number of aryl methyl sites for hydroxylation is 1. The molecule has 1 atom stereocenters. The molecule has 0 radical (unpaired) electrons. The summed E-state index contributed by atoms with van der Waals surface area (Å²) in [6.45, 7) is 2.18. The van der Waals surface area contributed by atoms with Gasteiger partial charge >= 0.3 is 0 Å². The van der Waals surface area contributed by atoms with Crippen molar-refractivity contribution >= 4 is 38.9 Å². The lowest BCUT2D eigenvalue weighted by molar-refractivity contribution is 0.620. The maximum Gasteiger partial charge on any atom is 0.141 e. The topological polar surface area (TPSA) is 118 Å². The standard InChI is InChI=1S/C47H28N6O/c1-27-14-18-41-36(20-27)31-8-2-5-11-39(31)53(41)46-35(21-30(24-49)37(25-50)38(46)26-51)28-15-16-29(23-48)43(22-28)52-40-12-6-3-10-34(40)45-42(52)19-17-33-32-9-4-7-13-44(32)54-47(33)45/h2-16,18,21-22,27H,17,19-20H2,1H3. The van der Waals surface area contributed by atoms with E-state index < -0.39 is 0 Å². The molecule has 3 heterocycles. The van der Waals surface area contributed by atoms with Gasteiger partial charge in [0.05, 0.1) is 44.7 Å². The molecule has 2 aliphatic rings. The van der Waals surface area contributed by atoms with Crippen molar-refractivity contribution in [3.8, 4) is 58.1 Å². The first-order valence-electron chi connectivity index (χ1n) is 17.9. The van der Waals surface area contributed by atoms with Crippen molar-refractivity contribution < 1.29 is 4.42 Å². The van der Waals surface area contributed by atoms with E-state index in [1.165, 1.54) is 11.1 Å². The van der Waals surface area contributed by atoms with E-state index >= 15 is 0 Å². The molecule has 0 bridgehead atoms. The zero-order valence-electron chi connectivity index (χ0n) is 29.2. The summed E-state index contributed by atoms with van der Waals surface area (Å²) in [7, 11) is 0. The molecule has 54 heavy (non-hydrogen) atoms. The summed E-state index contributed by atoms with van der Waals surface area (Å²) in [6.07, 6.45) is 6.63. The molecule has 1 unspecified atom stereocenters. The van der Waals surface area contributed by atoms with Crippen molar-refractivity contribution in [2.45, 2.75) is 26.2 Å². The SMILES string of the molecule is CC1C=Cc2c(c3ccccc3n2-c2c(-c3ccc(C#N)c(-n4c5c(c6ccccc64)-c4oc6ccccc6c4CC5)c3)cc(C#N)c(C#N)c2C#N)C1. The Hall–Kier alpha value is -7.58. The van der Waals surface area contributed by atoms with Gasteiger partial charge in [-0.3, -0.25) is 0 Å². The van der Waals surface area contributed by atoms with Crippen LogP contribution >= 0.6 is 0 Å². The number of nitriles is 4. The molecule has 0 spiro atoms. The van der Waals surface area contributed by atoms with E-state index in [1.807, 2.05) is 66.7 Å². The van der Waals surface area contributed by atoms with Crippen LogP contribution in [0.1, 0.15) is 51.7 Å². The van der Waals surface area contributed by atoms with Gasteiger partial charge in [0.2, 0.25) is 0 Å². The summed E-state index contributed by atoms with van der Waals surface area (Å²) in [5, 5.41) is 45.4. The normalized spacial score (nSPS) is 14.2. The van der Waals surface area contributed by atoms with Crippen LogP contribution < -0.4 is 0 Å².